The van der Waals surface area contributed by atoms with E-state index in [1.165, 1.54) is 48.5 Å². The molecule has 0 atom stereocenters. The molecule has 0 radical (unpaired) electrons. The van der Waals surface area contributed by atoms with Crippen LogP contribution in [-0.2, 0) is 6.18 Å². The maximum Gasteiger partial charge on any atom is 0.435 e. The minimum Gasteiger partial charge on any atom is -0.366 e. The highest BCUT2D eigenvalue weighted by molar-refractivity contribution is 5.92. The number of nitrogens with zero attached hydrogens (tertiary/aromatic N) is 3. The number of nitro groups is 1. The Morgan fingerprint density at radius 1 is 1.07 bits per heavy atom. The third-order valence-electron chi connectivity index (χ3n) is 3.77. The summed E-state index contributed by atoms with van der Waals surface area (Å²) in [6.45, 7) is 0. The molecule has 1 aromatic heterocycles. The van der Waals surface area contributed by atoms with Gasteiger partial charge in [-0.2, -0.15) is 18.3 Å². The average Bonchev–Trinajstić information content (AvgIpc) is 3.07. The number of halogens is 3. The zero-order chi connectivity index (χ0) is 19.8. The molecule has 2 aromatic carbocycles. The largest absolute Gasteiger partial charge is 0.435 e. The molecule has 0 saturated carbocycles. The molecule has 10 heteroatoms. The second-order valence-corrected chi connectivity index (χ2v) is 5.54. The Balaban J connectivity index is 2.13. The molecule has 0 spiro atoms. The van der Waals surface area contributed by atoms with Crippen molar-refractivity contribution in [2.24, 2.45) is 5.73 Å². The van der Waals surface area contributed by atoms with E-state index in [2.05, 4.69) is 5.10 Å². The van der Waals surface area contributed by atoms with Gasteiger partial charge in [0.25, 0.3) is 5.69 Å². The van der Waals surface area contributed by atoms with E-state index >= 15 is 0 Å². The van der Waals surface area contributed by atoms with Crippen LogP contribution in [0.25, 0.3) is 16.9 Å². The van der Waals surface area contributed by atoms with Gasteiger partial charge < -0.3 is 5.73 Å². The summed E-state index contributed by atoms with van der Waals surface area (Å²) in [5, 5.41) is 14.4. The van der Waals surface area contributed by atoms with E-state index in [1.54, 1.807) is 0 Å². The molecule has 0 fully saturated rings. The summed E-state index contributed by atoms with van der Waals surface area (Å²) < 4.78 is 40.4. The van der Waals surface area contributed by atoms with Gasteiger partial charge in [0.2, 0.25) is 5.91 Å². The summed E-state index contributed by atoms with van der Waals surface area (Å²) in [5.74, 6) is -0.673. The van der Waals surface area contributed by atoms with Crippen molar-refractivity contribution in [3.05, 3.63) is 76.0 Å². The second kappa shape index (κ2) is 6.56. The van der Waals surface area contributed by atoms with Gasteiger partial charge in [0, 0.05) is 23.3 Å². The summed E-state index contributed by atoms with van der Waals surface area (Å²) in [7, 11) is 0. The highest BCUT2D eigenvalue weighted by atomic mass is 19.4. The molecule has 3 aromatic rings. The number of nitro benzene ring substituents is 1. The molecule has 0 aliphatic rings. The number of primary amides is 1. The molecule has 1 heterocycles. The standard InChI is InChI=1S/C17H11F3N4O3/c18-17(19,20)15-9-14(10-1-7-13(8-2-10)24(26)27)23(22-15)12-5-3-11(4-6-12)16(21)25/h1-9H,(H2,21,25). The van der Waals surface area contributed by atoms with Crippen LogP contribution in [0.3, 0.4) is 0 Å². The molecule has 7 nitrogen and oxygen atoms in total. The van der Waals surface area contributed by atoms with Crippen LogP contribution in [0.5, 0.6) is 0 Å². The van der Waals surface area contributed by atoms with Crippen molar-refractivity contribution in [1.82, 2.24) is 9.78 Å². The molecule has 0 aliphatic carbocycles. The van der Waals surface area contributed by atoms with E-state index in [0.717, 1.165) is 10.7 Å². The molecule has 138 valence electrons. The van der Waals surface area contributed by atoms with Crippen LogP contribution in [0.2, 0.25) is 0 Å². The summed E-state index contributed by atoms with van der Waals surface area (Å²) >= 11 is 0. The van der Waals surface area contributed by atoms with Crippen LogP contribution in [0.15, 0.2) is 54.6 Å². The Labute approximate surface area is 150 Å². The molecule has 0 bridgehead atoms. The summed E-state index contributed by atoms with van der Waals surface area (Å²) in [5.41, 5.74) is 4.71. The Bertz CT molecular complexity index is 934. The van der Waals surface area contributed by atoms with E-state index in [1.807, 2.05) is 0 Å². The molecular formula is C17H11F3N4O3. The van der Waals surface area contributed by atoms with Crippen molar-refractivity contribution in [2.75, 3.05) is 0 Å². The third-order valence-corrected chi connectivity index (χ3v) is 3.77. The van der Waals surface area contributed by atoms with E-state index in [-0.39, 0.29) is 22.6 Å². The van der Waals surface area contributed by atoms with Crippen LogP contribution < -0.4 is 5.73 Å². The number of alkyl halides is 3. The molecule has 1 amide bonds. The normalized spacial score (nSPS) is 11.4. The van der Waals surface area contributed by atoms with Gasteiger partial charge in [0.05, 0.1) is 16.3 Å². The van der Waals surface area contributed by atoms with Gasteiger partial charge in [-0.1, -0.05) is 0 Å². The quantitative estimate of drug-likeness (QED) is 0.555. The van der Waals surface area contributed by atoms with Gasteiger partial charge in [-0.25, -0.2) is 4.68 Å². The Kier molecular flexibility index (Phi) is 4.40. The number of amides is 1. The van der Waals surface area contributed by atoms with Crippen molar-refractivity contribution in [3.63, 3.8) is 0 Å². The van der Waals surface area contributed by atoms with Gasteiger partial charge in [0.1, 0.15) is 0 Å². The first-order chi connectivity index (χ1) is 12.7. The number of nitrogens with two attached hydrogens (primary N) is 1. The Morgan fingerprint density at radius 2 is 1.67 bits per heavy atom. The summed E-state index contributed by atoms with van der Waals surface area (Å²) in [6.07, 6.45) is -4.67. The molecule has 0 aliphatic heterocycles. The van der Waals surface area contributed by atoms with Crippen LogP contribution in [0.1, 0.15) is 16.1 Å². The van der Waals surface area contributed by atoms with Crippen LogP contribution in [0, 0.1) is 10.1 Å². The van der Waals surface area contributed by atoms with Crippen LogP contribution in [0.4, 0.5) is 18.9 Å². The fraction of sp³-hybridized carbons (Fsp3) is 0.0588. The number of hydrogen-bond acceptors (Lipinski definition) is 4. The lowest BCUT2D eigenvalue weighted by Crippen LogP contribution is -2.11. The molecule has 2 N–H and O–H groups in total. The zero-order valence-electron chi connectivity index (χ0n) is 13.5. The summed E-state index contributed by atoms with van der Waals surface area (Å²) in [6, 6.07) is 11.4. The number of hydrogen-bond donors (Lipinski definition) is 1. The van der Waals surface area contributed by atoms with E-state index in [9.17, 15) is 28.1 Å². The lowest BCUT2D eigenvalue weighted by Gasteiger charge is -2.08. The van der Waals surface area contributed by atoms with Gasteiger partial charge >= 0.3 is 6.18 Å². The average molecular weight is 376 g/mol. The lowest BCUT2D eigenvalue weighted by molar-refractivity contribution is -0.384. The predicted molar refractivity (Wildman–Crippen MR) is 89.2 cm³/mol. The minimum absolute atomic E-state index is 0.0871. The second-order valence-electron chi connectivity index (χ2n) is 5.54. The first-order valence-corrected chi connectivity index (χ1v) is 7.49. The van der Waals surface area contributed by atoms with Crippen molar-refractivity contribution < 1.29 is 22.9 Å². The smallest absolute Gasteiger partial charge is 0.366 e. The minimum atomic E-state index is -4.67. The first-order valence-electron chi connectivity index (χ1n) is 7.49. The van der Waals surface area contributed by atoms with E-state index < -0.39 is 22.7 Å². The number of rotatable bonds is 4. The number of benzene rings is 2. The van der Waals surface area contributed by atoms with Crippen molar-refractivity contribution in [2.45, 2.75) is 6.18 Å². The van der Waals surface area contributed by atoms with Gasteiger partial charge in [-0.15, -0.1) is 0 Å². The maximum absolute atomic E-state index is 13.1. The molecule has 3 rings (SSSR count). The number of aromatic nitrogens is 2. The number of carbonyl (C=O) groups is 1. The monoisotopic (exact) mass is 376 g/mol. The zero-order valence-corrected chi connectivity index (χ0v) is 13.5. The number of non-ortho nitro benzene ring substituents is 1. The van der Waals surface area contributed by atoms with Gasteiger partial charge in [-0.3, -0.25) is 14.9 Å². The SMILES string of the molecule is NC(=O)c1ccc(-n2nc(C(F)(F)F)cc2-c2ccc([N+](=O)[O-])cc2)cc1. The molecule has 27 heavy (non-hydrogen) atoms. The van der Waals surface area contributed by atoms with Gasteiger partial charge in [0.15, 0.2) is 5.69 Å². The Hall–Kier alpha value is -3.69. The topological polar surface area (TPSA) is 104 Å². The first kappa shape index (κ1) is 18.1. The van der Waals surface area contributed by atoms with Crippen molar-refractivity contribution >= 4 is 11.6 Å². The summed E-state index contributed by atoms with van der Waals surface area (Å²) in [4.78, 5) is 21.3. The number of carbonyl (C=O) groups excluding carboxylic acids is 1. The van der Waals surface area contributed by atoms with Gasteiger partial charge in [-0.05, 0) is 42.5 Å². The fourth-order valence-electron chi connectivity index (χ4n) is 2.44. The van der Waals surface area contributed by atoms with Crippen LogP contribution >= 0.6 is 0 Å². The highest BCUT2D eigenvalue weighted by Gasteiger charge is 2.35. The van der Waals surface area contributed by atoms with E-state index in [4.69, 9.17) is 5.73 Å². The lowest BCUT2D eigenvalue weighted by atomic mass is 10.1. The van der Waals surface area contributed by atoms with Crippen molar-refractivity contribution in [1.29, 1.82) is 0 Å². The van der Waals surface area contributed by atoms with Crippen LogP contribution in [-0.4, -0.2) is 20.6 Å². The fourth-order valence-corrected chi connectivity index (χ4v) is 2.44. The van der Waals surface area contributed by atoms with Crippen molar-refractivity contribution in [3.8, 4) is 16.9 Å². The third kappa shape index (κ3) is 3.64. The van der Waals surface area contributed by atoms with E-state index in [0.29, 0.717) is 5.56 Å². The predicted octanol–water partition coefficient (Wildman–Crippen LogP) is 3.57. The maximum atomic E-state index is 13.1. The molecule has 0 saturated heterocycles. The Morgan fingerprint density at radius 3 is 2.15 bits per heavy atom. The molecular weight excluding hydrogens is 365 g/mol. The highest BCUT2D eigenvalue weighted by Crippen LogP contribution is 2.33. The molecule has 0 unspecified atom stereocenters.